The topological polar surface area (TPSA) is 29.4 Å². The zero-order valence-corrected chi connectivity index (χ0v) is 3.93. The summed E-state index contributed by atoms with van der Waals surface area (Å²) in [6.07, 6.45) is 1.28. The van der Waals surface area contributed by atoms with Crippen LogP contribution in [-0.2, 0) is 4.79 Å². The van der Waals surface area contributed by atoms with E-state index in [9.17, 15) is 4.79 Å². The molecule has 0 aliphatic rings. The molecule has 0 heterocycles. The van der Waals surface area contributed by atoms with Crippen LogP contribution in [-0.4, -0.2) is 19.0 Å². The van der Waals surface area contributed by atoms with Crippen molar-refractivity contribution in [3.8, 4) is 0 Å². The number of Topliss-reactive ketones (excluding diaryl/α,β-unsaturated/α-hetero) is 1. The average molecular weight is 101 g/mol. The van der Waals surface area contributed by atoms with E-state index in [1.54, 1.807) is 7.05 Å². The van der Waals surface area contributed by atoms with E-state index < -0.39 is 0 Å². The van der Waals surface area contributed by atoms with Gasteiger partial charge in [0, 0.05) is 14.0 Å². The maximum Gasteiger partial charge on any atom is 0.170 e. The van der Waals surface area contributed by atoms with Gasteiger partial charge in [0.25, 0.3) is 0 Å². The molecule has 0 aromatic rings. The van der Waals surface area contributed by atoms with Crippen molar-refractivity contribution in [2.45, 2.75) is 14.4 Å². The van der Waals surface area contributed by atoms with E-state index in [0.29, 0.717) is 0 Å². The summed E-state index contributed by atoms with van der Waals surface area (Å²) < 4.78 is 0. The molecule has 0 radical (unpaired) electrons. The monoisotopic (exact) mass is 101 g/mol. The van der Waals surface area contributed by atoms with Gasteiger partial charge in [-0.25, -0.2) is 0 Å². The Morgan fingerprint density at radius 1 is 1.71 bits per heavy atom. The Morgan fingerprint density at radius 2 is 2.14 bits per heavy atom. The summed E-state index contributed by atoms with van der Waals surface area (Å²) in [5.74, 6) is -0.00231. The molecule has 0 aromatic carbocycles. The molecule has 0 amide bonds. The van der Waals surface area contributed by atoms with Crippen LogP contribution in [0.3, 0.4) is 0 Å². The maximum absolute atomic E-state index is 9.89. The van der Waals surface area contributed by atoms with Crippen molar-refractivity contribution in [3.05, 3.63) is 0 Å². The molecule has 0 fully saturated rings. The largest absolute Gasteiger partial charge is 0.293 e. The molecule has 7 heavy (non-hydrogen) atoms. The van der Waals surface area contributed by atoms with E-state index in [0.717, 1.165) is 0 Å². The van der Waals surface area contributed by atoms with Gasteiger partial charge >= 0.3 is 0 Å². The molecule has 2 nitrogen and oxygen atoms in total. The summed E-state index contributed by atoms with van der Waals surface area (Å²) in [6.45, 7) is 1.47. The Balaban J connectivity index is 0. The molecule has 0 aliphatic carbocycles. The molecule has 0 atom stereocenters. The van der Waals surface area contributed by atoms with Gasteiger partial charge in [0.2, 0.25) is 0 Å². The summed E-state index contributed by atoms with van der Waals surface area (Å²) in [4.78, 5) is 13.4. The first kappa shape index (κ1) is 9.60. The quantitative estimate of drug-likeness (QED) is 0.451. The van der Waals surface area contributed by atoms with E-state index in [-0.39, 0.29) is 13.2 Å². The minimum absolute atomic E-state index is 0. The van der Waals surface area contributed by atoms with Crippen LogP contribution in [0.4, 0.5) is 0 Å². The summed E-state index contributed by atoms with van der Waals surface area (Å²) in [5, 5.41) is 0. The molecule has 0 spiro atoms. The molecule has 0 saturated carbocycles. The highest BCUT2D eigenvalue weighted by Gasteiger charge is 1.74. The molecule has 2 heteroatoms. The van der Waals surface area contributed by atoms with Gasteiger partial charge in [-0.05, 0) is 0 Å². The standard InChI is InChI=1S/C4H7NO.CH4/c1-4(6)3-5-2;/h3H,1-2H3;1H4. The highest BCUT2D eigenvalue weighted by atomic mass is 16.1. The lowest BCUT2D eigenvalue weighted by Crippen LogP contribution is -1.87. The Morgan fingerprint density at radius 3 is 2.14 bits per heavy atom. The smallest absolute Gasteiger partial charge is 0.170 e. The first-order chi connectivity index (χ1) is 2.77. The number of rotatable bonds is 1. The second kappa shape index (κ2) is 5.34. The van der Waals surface area contributed by atoms with Crippen molar-refractivity contribution in [2.24, 2.45) is 4.99 Å². The van der Waals surface area contributed by atoms with Gasteiger partial charge in [0.05, 0.1) is 6.21 Å². The minimum Gasteiger partial charge on any atom is -0.293 e. The summed E-state index contributed by atoms with van der Waals surface area (Å²) in [6, 6.07) is 0. The second-order valence-electron chi connectivity index (χ2n) is 0.998. The minimum atomic E-state index is -0.00231. The second-order valence-corrected chi connectivity index (χ2v) is 0.998. The fourth-order valence-electron chi connectivity index (χ4n) is 0.182. The first-order valence-corrected chi connectivity index (χ1v) is 1.70. The lowest BCUT2D eigenvalue weighted by atomic mass is 10.5. The Labute approximate surface area is 44.3 Å². The number of carbonyl (C=O) groups excluding carboxylic acids is 1. The fraction of sp³-hybridized carbons (Fsp3) is 0.600. The van der Waals surface area contributed by atoms with Crippen molar-refractivity contribution in [2.75, 3.05) is 7.05 Å². The molecule has 0 saturated heterocycles. The highest BCUT2D eigenvalue weighted by Crippen LogP contribution is 1.56. The zero-order valence-electron chi connectivity index (χ0n) is 3.93. The predicted molar refractivity (Wildman–Crippen MR) is 31.8 cm³/mol. The highest BCUT2D eigenvalue weighted by molar-refractivity contribution is 6.26. The van der Waals surface area contributed by atoms with Crippen molar-refractivity contribution in [1.82, 2.24) is 0 Å². The SMILES string of the molecule is C.CN=CC(C)=O. The molecular formula is C5H11NO. The van der Waals surface area contributed by atoms with Gasteiger partial charge in [-0.2, -0.15) is 0 Å². The van der Waals surface area contributed by atoms with Gasteiger partial charge in [0.1, 0.15) is 0 Å². The lowest BCUT2D eigenvalue weighted by Gasteiger charge is -1.68. The van der Waals surface area contributed by atoms with Crippen LogP contribution in [0.2, 0.25) is 0 Å². The summed E-state index contributed by atoms with van der Waals surface area (Å²) >= 11 is 0. The zero-order chi connectivity index (χ0) is 4.99. The molecule has 0 aromatic heterocycles. The number of aliphatic imine (C=N–C) groups is 1. The van der Waals surface area contributed by atoms with Gasteiger partial charge in [-0.15, -0.1) is 0 Å². The number of nitrogens with zero attached hydrogens (tertiary/aromatic N) is 1. The molecule has 0 unspecified atom stereocenters. The van der Waals surface area contributed by atoms with Crippen LogP contribution in [0.15, 0.2) is 4.99 Å². The number of hydrogen-bond donors (Lipinski definition) is 0. The molecule has 0 rings (SSSR count). The number of hydrogen-bond acceptors (Lipinski definition) is 2. The molecule has 0 aliphatic heterocycles. The predicted octanol–water partition coefficient (Wildman–Crippen LogP) is 0.912. The third kappa shape index (κ3) is 10.9. The Bertz CT molecular complexity index is 76.1. The van der Waals surface area contributed by atoms with Crippen molar-refractivity contribution in [3.63, 3.8) is 0 Å². The molecule has 0 bridgehead atoms. The fourth-order valence-corrected chi connectivity index (χ4v) is 0.182. The van der Waals surface area contributed by atoms with Crippen molar-refractivity contribution in [1.29, 1.82) is 0 Å². The van der Waals surface area contributed by atoms with Gasteiger partial charge in [-0.1, -0.05) is 7.43 Å². The average Bonchev–Trinajstić information content (AvgIpc) is 1.35. The van der Waals surface area contributed by atoms with Crippen LogP contribution in [0, 0.1) is 0 Å². The normalized spacial score (nSPS) is 8.29. The van der Waals surface area contributed by atoms with Crippen LogP contribution in [0.25, 0.3) is 0 Å². The van der Waals surface area contributed by atoms with Crippen LogP contribution < -0.4 is 0 Å². The van der Waals surface area contributed by atoms with Gasteiger partial charge in [-0.3, -0.25) is 9.79 Å². The van der Waals surface area contributed by atoms with Crippen LogP contribution in [0.1, 0.15) is 14.4 Å². The molecular weight excluding hydrogens is 90.1 g/mol. The molecule has 42 valence electrons. The van der Waals surface area contributed by atoms with E-state index in [1.807, 2.05) is 0 Å². The number of ketones is 1. The van der Waals surface area contributed by atoms with Crippen LogP contribution >= 0.6 is 0 Å². The van der Waals surface area contributed by atoms with E-state index >= 15 is 0 Å². The van der Waals surface area contributed by atoms with Gasteiger partial charge < -0.3 is 0 Å². The Kier molecular flexibility index (Phi) is 7.32. The van der Waals surface area contributed by atoms with E-state index in [1.165, 1.54) is 13.1 Å². The lowest BCUT2D eigenvalue weighted by molar-refractivity contribution is -0.110. The van der Waals surface area contributed by atoms with Crippen LogP contribution in [0.5, 0.6) is 0 Å². The maximum atomic E-state index is 9.89. The van der Waals surface area contributed by atoms with E-state index in [2.05, 4.69) is 4.99 Å². The molecule has 0 N–H and O–H groups in total. The summed E-state index contributed by atoms with van der Waals surface area (Å²) in [5.41, 5.74) is 0. The number of carbonyl (C=O) groups is 1. The van der Waals surface area contributed by atoms with Gasteiger partial charge in [0.15, 0.2) is 5.78 Å². The third-order valence-electron chi connectivity index (χ3n) is 0.311. The summed E-state index contributed by atoms with van der Waals surface area (Å²) in [7, 11) is 1.57. The Hall–Kier alpha value is -0.660. The van der Waals surface area contributed by atoms with E-state index in [4.69, 9.17) is 0 Å². The first-order valence-electron chi connectivity index (χ1n) is 1.70. The third-order valence-corrected chi connectivity index (χ3v) is 0.311. The van der Waals surface area contributed by atoms with Crippen molar-refractivity contribution >= 4 is 12.0 Å². The van der Waals surface area contributed by atoms with Crippen molar-refractivity contribution < 1.29 is 4.79 Å².